The van der Waals surface area contributed by atoms with Crippen LogP contribution in [-0.2, 0) is 16.3 Å². The lowest BCUT2D eigenvalue weighted by Crippen LogP contribution is -2.06. The average Bonchev–Trinajstić information content (AvgIpc) is 2.47. The van der Waals surface area contributed by atoms with Crippen molar-refractivity contribution in [2.24, 2.45) is 0 Å². The molecule has 124 valence electrons. The SMILES string of the molecule is CCOP(=S)(Oc1cc(C)ccc1C)Oc1cc(C)ccc1C. The van der Waals surface area contributed by atoms with Gasteiger partial charge in [0.25, 0.3) is 0 Å². The first-order chi connectivity index (χ1) is 10.8. The minimum atomic E-state index is -2.92. The van der Waals surface area contributed by atoms with Gasteiger partial charge < -0.3 is 9.05 Å². The Kier molecular flexibility index (Phi) is 5.85. The lowest BCUT2D eigenvalue weighted by Gasteiger charge is -2.24. The summed E-state index contributed by atoms with van der Waals surface area (Å²) < 4.78 is 17.8. The third-order valence-corrected chi connectivity index (χ3v) is 5.57. The highest BCUT2D eigenvalue weighted by atomic mass is 32.5. The summed E-state index contributed by atoms with van der Waals surface area (Å²) in [4.78, 5) is 0. The van der Waals surface area contributed by atoms with E-state index in [0.717, 1.165) is 22.3 Å². The van der Waals surface area contributed by atoms with Crippen molar-refractivity contribution < 1.29 is 13.6 Å². The van der Waals surface area contributed by atoms with Gasteiger partial charge in [0.05, 0.1) is 6.61 Å². The van der Waals surface area contributed by atoms with E-state index < -0.39 is 6.72 Å². The molecule has 23 heavy (non-hydrogen) atoms. The van der Waals surface area contributed by atoms with Crippen LogP contribution in [0.5, 0.6) is 11.5 Å². The van der Waals surface area contributed by atoms with Gasteiger partial charge in [-0.05, 0) is 69.0 Å². The number of aryl methyl sites for hydroxylation is 4. The second kappa shape index (κ2) is 7.48. The van der Waals surface area contributed by atoms with Gasteiger partial charge in [0.2, 0.25) is 0 Å². The van der Waals surface area contributed by atoms with Crippen molar-refractivity contribution in [1.82, 2.24) is 0 Å². The van der Waals surface area contributed by atoms with E-state index in [1.165, 1.54) is 0 Å². The first kappa shape index (κ1) is 18.0. The Morgan fingerprint density at radius 1 is 0.826 bits per heavy atom. The summed E-state index contributed by atoms with van der Waals surface area (Å²) in [5.41, 5.74) is 4.23. The molecule has 0 bridgehead atoms. The van der Waals surface area contributed by atoms with Crippen molar-refractivity contribution in [1.29, 1.82) is 0 Å². The van der Waals surface area contributed by atoms with Crippen LogP contribution >= 0.6 is 6.72 Å². The molecule has 0 radical (unpaired) electrons. The zero-order valence-electron chi connectivity index (χ0n) is 14.3. The zero-order chi connectivity index (χ0) is 17.0. The maximum atomic E-state index is 6.03. The molecule has 3 nitrogen and oxygen atoms in total. The predicted octanol–water partition coefficient (Wildman–Crippen LogP) is 5.64. The van der Waals surface area contributed by atoms with Crippen LogP contribution in [0.1, 0.15) is 29.2 Å². The fourth-order valence-electron chi connectivity index (χ4n) is 2.08. The molecule has 0 amide bonds. The average molecular weight is 350 g/mol. The van der Waals surface area contributed by atoms with E-state index in [9.17, 15) is 0 Å². The lowest BCUT2D eigenvalue weighted by molar-refractivity contribution is 0.276. The molecule has 5 heteroatoms. The summed E-state index contributed by atoms with van der Waals surface area (Å²) >= 11 is 5.62. The van der Waals surface area contributed by atoms with Crippen LogP contribution in [0.25, 0.3) is 0 Å². The summed E-state index contributed by atoms with van der Waals surface area (Å²) in [6.07, 6.45) is 0. The molecule has 2 aromatic carbocycles. The Labute approximate surface area is 143 Å². The highest BCUT2D eigenvalue weighted by Crippen LogP contribution is 2.51. The molecule has 0 aliphatic carbocycles. The minimum absolute atomic E-state index is 0.438. The van der Waals surface area contributed by atoms with Gasteiger partial charge in [-0.25, -0.2) is 0 Å². The highest BCUT2D eigenvalue weighted by molar-refractivity contribution is 8.07. The van der Waals surface area contributed by atoms with Gasteiger partial charge in [-0.2, -0.15) is 0 Å². The molecular weight excluding hydrogens is 327 g/mol. The topological polar surface area (TPSA) is 27.7 Å². The monoisotopic (exact) mass is 350 g/mol. The highest BCUT2D eigenvalue weighted by Gasteiger charge is 2.25. The molecule has 2 rings (SSSR count). The van der Waals surface area contributed by atoms with E-state index in [4.69, 9.17) is 25.4 Å². The van der Waals surface area contributed by atoms with Crippen molar-refractivity contribution in [2.45, 2.75) is 34.6 Å². The summed E-state index contributed by atoms with van der Waals surface area (Å²) in [7, 11) is 0. The Balaban J connectivity index is 2.33. The van der Waals surface area contributed by atoms with E-state index in [0.29, 0.717) is 18.1 Å². The summed E-state index contributed by atoms with van der Waals surface area (Å²) in [6, 6.07) is 12.0. The van der Waals surface area contributed by atoms with Crippen LogP contribution in [0.4, 0.5) is 0 Å². The van der Waals surface area contributed by atoms with Crippen LogP contribution in [0, 0.1) is 27.7 Å². The van der Waals surface area contributed by atoms with E-state index in [1.807, 2.05) is 71.0 Å². The Hall–Kier alpha value is -1.35. The van der Waals surface area contributed by atoms with Crippen molar-refractivity contribution >= 4 is 18.5 Å². The molecule has 0 saturated carbocycles. The van der Waals surface area contributed by atoms with Crippen molar-refractivity contribution in [2.75, 3.05) is 6.61 Å². The fourth-order valence-corrected chi connectivity index (χ4v) is 4.21. The van der Waals surface area contributed by atoms with E-state index in [2.05, 4.69) is 0 Å². The molecular formula is C18H23O3PS. The molecule has 0 N–H and O–H groups in total. The summed E-state index contributed by atoms with van der Waals surface area (Å²) in [5, 5.41) is 0. The molecule has 0 unspecified atom stereocenters. The molecule has 0 atom stereocenters. The Morgan fingerprint density at radius 2 is 1.26 bits per heavy atom. The van der Waals surface area contributed by atoms with Gasteiger partial charge in [-0.3, -0.25) is 4.52 Å². The zero-order valence-corrected chi connectivity index (χ0v) is 16.0. The van der Waals surface area contributed by atoms with Crippen molar-refractivity contribution in [3.05, 3.63) is 58.7 Å². The molecule has 0 spiro atoms. The first-order valence-electron chi connectivity index (χ1n) is 7.61. The van der Waals surface area contributed by atoms with E-state index >= 15 is 0 Å². The molecule has 0 fully saturated rings. The van der Waals surface area contributed by atoms with Crippen molar-refractivity contribution in [3.8, 4) is 11.5 Å². The number of hydrogen-bond donors (Lipinski definition) is 0. The number of hydrogen-bond acceptors (Lipinski definition) is 4. The van der Waals surface area contributed by atoms with E-state index in [-0.39, 0.29) is 0 Å². The third-order valence-electron chi connectivity index (χ3n) is 3.39. The normalized spacial score (nSPS) is 11.3. The van der Waals surface area contributed by atoms with Gasteiger partial charge in [0, 0.05) is 11.8 Å². The predicted molar refractivity (Wildman–Crippen MR) is 99.0 cm³/mol. The van der Waals surface area contributed by atoms with Crippen LogP contribution in [0.3, 0.4) is 0 Å². The van der Waals surface area contributed by atoms with Gasteiger partial charge in [0.15, 0.2) is 0 Å². The molecule has 0 saturated heterocycles. The van der Waals surface area contributed by atoms with E-state index in [1.54, 1.807) is 0 Å². The Morgan fingerprint density at radius 3 is 1.65 bits per heavy atom. The quantitative estimate of drug-likeness (QED) is 0.630. The van der Waals surface area contributed by atoms with Gasteiger partial charge >= 0.3 is 6.72 Å². The van der Waals surface area contributed by atoms with Crippen LogP contribution < -0.4 is 9.05 Å². The maximum Gasteiger partial charge on any atom is 0.434 e. The standard InChI is InChI=1S/C18H23O3PS/c1-6-19-22(23,20-17-11-13(2)7-9-15(17)4)21-18-12-14(3)8-10-16(18)5/h7-12H,6H2,1-5H3. The van der Waals surface area contributed by atoms with Crippen LogP contribution in [0.15, 0.2) is 36.4 Å². The molecule has 0 aliphatic heterocycles. The largest absolute Gasteiger partial charge is 0.434 e. The molecule has 0 heterocycles. The number of benzene rings is 2. The van der Waals surface area contributed by atoms with Gasteiger partial charge in [-0.1, -0.05) is 24.3 Å². The second-order valence-electron chi connectivity index (χ2n) is 5.59. The molecule has 2 aromatic rings. The number of rotatable bonds is 6. The fraction of sp³-hybridized carbons (Fsp3) is 0.333. The Bertz CT molecular complexity index is 686. The second-order valence-corrected chi connectivity index (χ2v) is 8.44. The van der Waals surface area contributed by atoms with Crippen LogP contribution in [-0.4, -0.2) is 6.61 Å². The van der Waals surface area contributed by atoms with Gasteiger partial charge in [0.1, 0.15) is 11.5 Å². The molecule has 0 aromatic heterocycles. The van der Waals surface area contributed by atoms with Crippen LogP contribution in [0.2, 0.25) is 0 Å². The smallest absolute Gasteiger partial charge is 0.415 e. The third kappa shape index (κ3) is 4.81. The lowest BCUT2D eigenvalue weighted by atomic mass is 10.1. The first-order valence-corrected chi connectivity index (χ1v) is 10.2. The summed E-state index contributed by atoms with van der Waals surface area (Å²) in [6.45, 7) is 7.40. The van der Waals surface area contributed by atoms with Crippen molar-refractivity contribution in [3.63, 3.8) is 0 Å². The van der Waals surface area contributed by atoms with Gasteiger partial charge in [-0.15, -0.1) is 0 Å². The molecule has 0 aliphatic rings. The summed E-state index contributed by atoms with van der Waals surface area (Å²) in [5.74, 6) is 1.43. The maximum absolute atomic E-state index is 6.03. The minimum Gasteiger partial charge on any atom is -0.415 e.